The Morgan fingerprint density at radius 1 is 1.42 bits per heavy atom. The quantitative estimate of drug-likeness (QED) is 0.672. The van der Waals surface area contributed by atoms with Crippen LogP contribution in [0.25, 0.3) is 0 Å². The lowest BCUT2D eigenvalue weighted by Crippen LogP contribution is -2.46. The summed E-state index contributed by atoms with van der Waals surface area (Å²) in [6.07, 6.45) is 2.82. The van der Waals surface area contributed by atoms with Crippen molar-refractivity contribution in [3.8, 4) is 0 Å². The Morgan fingerprint density at radius 3 is 2.33 bits per heavy atom. The zero-order chi connectivity index (χ0) is 9.14. The third kappa shape index (κ3) is 2.20. The molecule has 0 aromatic carbocycles. The second-order valence-electron chi connectivity index (χ2n) is 3.88. The van der Waals surface area contributed by atoms with Crippen molar-refractivity contribution in [2.75, 3.05) is 13.6 Å². The maximum absolute atomic E-state index is 3.32. The van der Waals surface area contributed by atoms with Crippen LogP contribution in [0.5, 0.6) is 0 Å². The summed E-state index contributed by atoms with van der Waals surface area (Å²) in [7, 11) is 2.04. The molecule has 0 spiro atoms. The van der Waals surface area contributed by atoms with E-state index in [1.165, 1.54) is 19.4 Å². The van der Waals surface area contributed by atoms with Crippen LogP contribution in [0.1, 0.15) is 33.6 Å². The average molecular weight is 170 g/mol. The lowest BCUT2D eigenvalue weighted by Gasteiger charge is -2.32. The van der Waals surface area contributed by atoms with Gasteiger partial charge in [-0.3, -0.25) is 4.90 Å². The van der Waals surface area contributed by atoms with Gasteiger partial charge in [0.25, 0.3) is 0 Å². The Morgan fingerprint density at radius 2 is 2.00 bits per heavy atom. The second-order valence-corrected chi connectivity index (χ2v) is 3.88. The summed E-state index contributed by atoms with van der Waals surface area (Å²) in [4.78, 5) is 2.61. The molecule has 1 aliphatic carbocycles. The highest BCUT2D eigenvalue weighted by atomic mass is 15.2. The van der Waals surface area contributed by atoms with Gasteiger partial charge in [-0.2, -0.15) is 0 Å². The molecule has 0 saturated heterocycles. The van der Waals surface area contributed by atoms with E-state index in [-0.39, 0.29) is 0 Å². The predicted molar refractivity (Wildman–Crippen MR) is 53.4 cm³/mol. The summed E-state index contributed by atoms with van der Waals surface area (Å²) in [6.45, 7) is 8.04. The zero-order valence-electron chi connectivity index (χ0n) is 8.80. The number of nitrogens with one attached hydrogen (secondary N) is 1. The van der Waals surface area contributed by atoms with Gasteiger partial charge >= 0.3 is 0 Å². The molecule has 0 heterocycles. The minimum absolute atomic E-state index is 0.602. The predicted octanol–water partition coefficient (Wildman–Crippen LogP) is 1.47. The number of hydrogen-bond acceptors (Lipinski definition) is 2. The maximum Gasteiger partial charge on any atom is 0.0221 e. The Balaban J connectivity index is 2.40. The van der Waals surface area contributed by atoms with Gasteiger partial charge in [-0.15, -0.1) is 0 Å². The minimum atomic E-state index is 0.602. The van der Waals surface area contributed by atoms with Gasteiger partial charge in [-0.05, 0) is 40.3 Å². The molecule has 1 saturated carbocycles. The van der Waals surface area contributed by atoms with Crippen LogP contribution in [0.2, 0.25) is 0 Å². The van der Waals surface area contributed by atoms with Gasteiger partial charge in [0.1, 0.15) is 0 Å². The summed E-state index contributed by atoms with van der Waals surface area (Å²) in [6, 6.07) is 2.17. The molecule has 1 N–H and O–H groups in total. The second kappa shape index (κ2) is 4.24. The van der Waals surface area contributed by atoms with Crippen LogP contribution >= 0.6 is 0 Å². The van der Waals surface area contributed by atoms with E-state index in [1.54, 1.807) is 0 Å². The van der Waals surface area contributed by atoms with Crippen LogP contribution in [0.15, 0.2) is 0 Å². The maximum atomic E-state index is 3.32. The van der Waals surface area contributed by atoms with Crippen molar-refractivity contribution < 1.29 is 0 Å². The molecule has 12 heavy (non-hydrogen) atoms. The van der Waals surface area contributed by atoms with Crippen LogP contribution in [0.4, 0.5) is 0 Å². The molecule has 2 heteroatoms. The summed E-state index contributed by atoms with van der Waals surface area (Å²) < 4.78 is 0. The standard InChI is InChI=1S/C10H22N2/c1-5-12(10-6-7-10)9(3)8(2)11-4/h8-11H,5-7H2,1-4H3. The summed E-state index contributed by atoms with van der Waals surface area (Å²) >= 11 is 0. The fourth-order valence-corrected chi connectivity index (χ4v) is 1.81. The van der Waals surface area contributed by atoms with Gasteiger partial charge in [0.2, 0.25) is 0 Å². The highest BCUT2D eigenvalue weighted by Crippen LogP contribution is 2.28. The first-order valence-corrected chi connectivity index (χ1v) is 5.13. The molecule has 0 aromatic rings. The number of likely N-dealkylation sites (N-methyl/N-ethyl adjacent to an activating group) is 2. The number of nitrogens with zero attached hydrogens (tertiary/aromatic N) is 1. The third-order valence-corrected chi connectivity index (χ3v) is 3.08. The molecule has 1 rings (SSSR count). The Labute approximate surface area is 76.3 Å². The molecular formula is C10H22N2. The number of rotatable bonds is 5. The van der Waals surface area contributed by atoms with Crippen molar-refractivity contribution in [1.29, 1.82) is 0 Å². The van der Waals surface area contributed by atoms with Crippen molar-refractivity contribution in [2.24, 2.45) is 0 Å². The summed E-state index contributed by atoms with van der Waals surface area (Å²) in [5.74, 6) is 0. The van der Waals surface area contributed by atoms with Crippen molar-refractivity contribution >= 4 is 0 Å². The number of hydrogen-bond donors (Lipinski definition) is 1. The molecule has 1 fully saturated rings. The molecule has 2 unspecified atom stereocenters. The minimum Gasteiger partial charge on any atom is -0.316 e. The largest absolute Gasteiger partial charge is 0.316 e. The summed E-state index contributed by atoms with van der Waals surface area (Å²) in [5.41, 5.74) is 0. The zero-order valence-corrected chi connectivity index (χ0v) is 8.80. The van der Waals surface area contributed by atoms with Crippen molar-refractivity contribution in [3.63, 3.8) is 0 Å². The monoisotopic (exact) mass is 170 g/mol. The Kier molecular flexibility index (Phi) is 3.53. The van der Waals surface area contributed by atoms with Gasteiger partial charge in [-0.1, -0.05) is 6.92 Å². The average Bonchev–Trinajstić information content (AvgIpc) is 2.88. The normalized spacial score (nSPS) is 22.8. The van der Waals surface area contributed by atoms with E-state index >= 15 is 0 Å². The molecule has 0 radical (unpaired) electrons. The van der Waals surface area contributed by atoms with E-state index in [2.05, 4.69) is 31.0 Å². The van der Waals surface area contributed by atoms with Crippen LogP contribution in [0, 0.1) is 0 Å². The SMILES string of the molecule is CCN(C1CC1)C(C)C(C)NC. The van der Waals surface area contributed by atoms with Crippen LogP contribution in [-0.2, 0) is 0 Å². The van der Waals surface area contributed by atoms with Gasteiger partial charge < -0.3 is 5.32 Å². The molecule has 1 aliphatic rings. The van der Waals surface area contributed by atoms with E-state index in [9.17, 15) is 0 Å². The molecule has 2 nitrogen and oxygen atoms in total. The fraction of sp³-hybridized carbons (Fsp3) is 1.00. The Bertz CT molecular complexity index is 132. The Hall–Kier alpha value is -0.0800. The van der Waals surface area contributed by atoms with Crippen molar-refractivity contribution in [1.82, 2.24) is 10.2 Å². The molecule has 2 atom stereocenters. The lowest BCUT2D eigenvalue weighted by molar-refractivity contribution is 0.177. The molecule has 72 valence electrons. The van der Waals surface area contributed by atoms with Gasteiger partial charge in [0.05, 0.1) is 0 Å². The van der Waals surface area contributed by atoms with Gasteiger partial charge in [0.15, 0.2) is 0 Å². The van der Waals surface area contributed by atoms with Crippen LogP contribution in [0.3, 0.4) is 0 Å². The topological polar surface area (TPSA) is 15.3 Å². The van der Waals surface area contributed by atoms with E-state index in [0.717, 1.165) is 6.04 Å². The first-order chi connectivity index (χ1) is 5.70. The van der Waals surface area contributed by atoms with Crippen molar-refractivity contribution in [2.45, 2.75) is 51.7 Å². The van der Waals surface area contributed by atoms with Gasteiger partial charge in [-0.25, -0.2) is 0 Å². The summed E-state index contributed by atoms with van der Waals surface area (Å²) in [5, 5.41) is 3.32. The van der Waals surface area contributed by atoms with E-state index in [0.29, 0.717) is 12.1 Å². The fourth-order valence-electron chi connectivity index (χ4n) is 1.81. The first kappa shape index (κ1) is 10.0. The van der Waals surface area contributed by atoms with E-state index in [1.807, 2.05) is 7.05 Å². The molecule has 0 amide bonds. The highest BCUT2D eigenvalue weighted by Gasteiger charge is 2.32. The van der Waals surface area contributed by atoms with Crippen LogP contribution in [-0.4, -0.2) is 36.6 Å². The molecular weight excluding hydrogens is 148 g/mol. The highest BCUT2D eigenvalue weighted by molar-refractivity contribution is 4.89. The first-order valence-electron chi connectivity index (χ1n) is 5.13. The van der Waals surface area contributed by atoms with Gasteiger partial charge in [0, 0.05) is 18.1 Å². The van der Waals surface area contributed by atoms with Crippen molar-refractivity contribution in [3.05, 3.63) is 0 Å². The molecule has 0 bridgehead atoms. The molecule has 0 aromatic heterocycles. The van der Waals surface area contributed by atoms with E-state index in [4.69, 9.17) is 0 Å². The molecule has 0 aliphatic heterocycles. The van der Waals surface area contributed by atoms with E-state index < -0.39 is 0 Å². The smallest absolute Gasteiger partial charge is 0.0221 e. The lowest BCUT2D eigenvalue weighted by atomic mass is 10.1. The third-order valence-electron chi connectivity index (χ3n) is 3.08. The van der Waals surface area contributed by atoms with Crippen LogP contribution < -0.4 is 5.32 Å².